The highest BCUT2D eigenvalue weighted by molar-refractivity contribution is 5.14. The van der Waals surface area contributed by atoms with Gasteiger partial charge < -0.3 is 9.88 Å². The van der Waals surface area contributed by atoms with Gasteiger partial charge in [-0.15, -0.1) is 0 Å². The standard InChI is InChI=1S/C16H27N5/c1-5-9-17-14(7-8-16-18-10-11-20(16)4)15-12-13(3)19-21(15)6-2/h10-12,14,17H,5-9H2,1-4H3. The maximum Gasteiger partial charge on any atom is 0.108 e. The van der Waals surface area contributed by atoms with Crippen molar-refractivity contribution >= 4 is 0 Å². The molecule has 0 aliphatic carbocycles. The number of nitrogens with one attached hydrogen (secondary N) is 1. The first-order valence-electron chi connectivity index (χ1n) is 7.89. The van der Waals surface area contributed by atoms with E-state index in [4.69, 9.17) is 0 Å². The molecule has 5 heteroatoms. The van der Waals surface area contributed by atoms with E-state index in [0.717, 1.165) is 43.9 Å². The van der Waals surface area contributed by atoms with Gasteiger partial charge in [-0.25, -0.2) is 4.98 Å². The molecular weight excluding hydrogens is 262 g/mol. The Morgan fingerprint density at radius 2 is 2.14 bits per heavy atom. The van der Waals surface area contributed by atoms with Crippen LogP contribution in [0, 0.1) is 6.92 Å². The molecule has 2 heterocycles. The molecule has 0 spiro atoms. The van der Waals surface area contributed by atoms with Crippen LogP contribution in [0.15, 0.2) is 18.5 Å². The molecule has 2 rings (SSSR count). The van der Waals surface area contributed by atoms with Crippen LogP contribution in [0.1, 0.15) is 49.9 Å². The van der Waals surface area contributed by atoms with Crippen LogP contribution in [0.3, 0.4) is 0 Å². The van der Waals surface area contributed by atoms with Crippen molar-refractivity contribution in [2.45, 2.75) is 52.6 Å². The third-order valence-electron chi connectivity index (χ3n) is 3.81. The first kappa shape index (κ1) is 15.8. The monoisotopic (exact) mass is 289 g/mol. The van der Waals surface area contributed by atoms with Crippen LogP contribution in [-0.2, 0) is 20.0 Å². The highest BCUT2D eigenvalue weighted by Crippen LogP contribution is 2.20. The lowest BCUT2D eigenvalue weighted by Gasteiger charge is -2.19. The molecule has 0 aliphatic heterocycles. The average Bonchev–Trinajstić information content (AvgIpc) is 3.05. The predicted octanol–water partition coefficient (Wildman–Crippen LogP) is 2.62. The van der Waals surface area contributed by atoms with Crippen LogP contribution in [0.5, 0.6) is 0 Å². The van der Waals surface area contributed by atoms with Crippen LogP contribution < -0.4 is 5.32 Å². The number of aryl methyl sites for hydroxylation is 4. The summed E-state index contributed by atoms with van der Waals surface area (Å²) >= 11 is 0. The van der Waals surface area contributed by atoms with Gasteiger partial charge in [-0.3, -0.25) is 4.68 Å². The van der Waals surface area contributed by atoms with E-state index in [1.807, 2.05) is 12.4 Å². The molecule has 0 saturated heterocycles. The van der Waals surface area contributed by atoms with Crippen molar-refractivity contribution in [3.63, 3.8) is 0 Å². The molecule has 2 aromatic rings. The summed E-state index contributed by atoms with van der Waals surface area (Å²) in [6.45, 7) is 8.34. The maximum atomic E-state index is 4.58. The molecule has 21 heavy (non-hydrogen) atoms. The Balaban J connectivity index is 2.11. The van der Waals surface area contributed by atoms with Crippen molar-refractivity contribution in [3.8, 4) is 0 Å². The fourth-order valence-electron chi connectivity index (χ4n) is 2.68. The quantitative estimate of drug-likeness (QED) is 0.812. The molecule has 0 fully saturated rings. The predicted molar refractivity (Wildman–Crippen MR) is 85.2 cm³/mol. The summed E-state index contributed by atoms with van der Waals surface area (Å²) in [5, 5.41) is 8.23. The fourth-order valence-corrected chi connectivity index (χ4v) is 2.68. The minimum absolute atomic E-state index is 0.336. The zero-order chi connectivity index (χ0) is 15.2. The van der Waals surface area contributed by atoms with E-state index in [1.165, 1.54) is 5.69 Å². The summed E-state index contributed by atoms with van der Waals surface area (Å²) in [7, 11) is 2.05. The zero-order valence-electron chi connectivity index (χ0n) is 13.6. The Morgan fingerprint density at radius 3 is 2.76 bits per heavy atom. The molecule has 0 amide bonds. The van der Waals surface area contributed by atoms with Crippen LogP contribution in [-0.4, -0.2) is 25.9 Å². The van der Waals surface area contributed by atoms with Crippen LogP contribution >= 0.6 is 0 Å². The maximum absolute atomic E-state index is 4.58. The lowest BCUT2D eigenvalue weighted by atomic mass is 10.1. The highest BCUT2D eigenvalue weighted by atomic mass is 15.3. The molecule has 1 unspecified atom stereocenters. The smallest absolute Gasteiger partial charge is 0.108 e. The second kappa shape index (κ2) is 7.41. The Morgan fingerprint density at radius 1 is 1.33 bits per heavy atom. The van der Waals surface area contributed by atoms with Crippen LogP contribution in [0.2, 0.25) is 0 Å². The van der Waals surface area contributed by atoms with Crippen molar-refractivity contribution in [2.75, 3.05) is 6.54 Å². The van der Waals surface area contributed by atoms with Gasteiger partial charge in [-0.2, -0.15) is 5.10 Å². The SMILES string of the molecule is CCCNC(CCc1nccn1C)c1cc(C)nn1CC. The third-order valence-corrected chi connectivity index (χ3v) is 3.81. The van der Waals surface area contributed by atoms with Gasteiger partial charge in [0.15, 0.2) is 0 Å². The number of hydrogen-bond donors (Lipinski definition) is 1. The zero-order valence-corrected chi connectivity index (χ0v) is 13.6. The van der Waals surface area contributed by atoms with E-state index >= 15 is 0 Å². The average molecular weight is 289 g/mol. The molecule has 116 valence electrons. The second-order valence-electron chi connectivity index (χ2n) is 5.53. The Kier molecular flexibility index (Phi) is 5.56. The molecule has 2 aromatic heterocycles. The largest absolute Gasteiger partial charge is 0.338 e. The van der Waals surface area contributed by atoms with E-state index < -0.39 is 0 Å². The minimum atomic E-state index is 0.336. The Hall–Kier alpha value is -1.62. The molecule has 0 bridgehead atoms. The number of hydrogen-bond acceptors (Lipinski definition) is 3. The third kappa shape index (κ3) is 3.94. The molecular formula is C16H27N5. The van der Waals surface area contributed by atoms with Gasteiger partial charge in [-0.05, 0) is 39.3 Å². The lowest BCUT2D eigenvalue weighted by molar-refractivity contribution is 0.451. The van der Waals surface area contributed by atoms with Crippen molar-refractivity contribution in [3.05, 3.63) is 35.7 Å². The molecule has 0 aromatic carbocycles. The summed E-state index contributed by atoms with van der Waals surface area (Å²) in [5.74, 6) is 1.14. The molecule has 1 atom stereocenters. The fraction of sp³-hybridized carbons (Fsp3) is 0.625. The topological polar surface area (TPSA) is 47.7 Å². The number of nitrogens with zero attached hydrogens (tertiary/aromatic N) is 4. The van der Waals surface area contributed by atoms with Gasteiger partial charge in [0.05, 0.1) is 11.4 Å². The first-order valence-corrected chi connectivity index (χ1v) is 7.89. The van der Waals surface area contributed by atoms with E-state index in [2.05, 4.69) is 58.5 Å². The lowest BCUT2D eigenvalue weighted by Crippen LogP contribution is -2.25. The van der Waals surface area contributed by atoms with Gasteiger partial charge in [0.25, 0.3) is 0 Å². The molecule has 0 aliphatic rings. The molecule has 0 saturated carbocycles. The summed E-state index contributed by atoms with van der Waals surface area (Å²) in [6, 6.07) is 2.54. The van der Waals surface area contributed by atoms with E-state index in [9.17, 15) is 0 Å². The first-order chi connectivity index (χ1) is 10.2. The van der Waals surface area contributed by atoms with Crippen LogP contribution in [0.4, 0.5) is 0 Å². The van der Waals surface area contributed by atoms with E-state index in [1.54, 1.807) is 0 Å². The molecule has 5 nitrogen and oxygen atoms in total. The Bertz CT molecular complexity index is 555. The van der Waals surface area contributed by atoms with E-state index in [0.29, 0.717) is 6.04 Å². The summed E-state index contributed by atoms with van der Waals surface area (Å²) in [6.07, 6.45) is 7.02. The van der Waals surface area contributed by atoms with Gasteiger partial charge in [-0.1, -0.05) is 6.92 Å². The van der Waals surface area contributed by atoms with Crippen molar-refractivity contribution in [2.24, 2.45) is 7.05 Å². The van der Waals surface area contributed by atoms with Crippen molar-refractivity contribution < 1.29 is 0 Å². The Labute approximate surface area is 127 Å². The van der Waals surface area contributed by atoms with Gasteiger partial charge >= 0.3 is 0 Å². The summed E-state index contributed by atoms with van der Waals surface area (Å²) < 4.78 is 4.21. The minimum Gasteiger partial charge on any atom is -0.338 e. The van der Waals surface area contributed by atoms with Crippen molar-refractivity contribution in [1.82, 2.24) is 24.6 Å². The molecule has 0 radical (unpaired) electrons. The second-order valence-corrected chi connectivity index (χ2v) is 5.53. The van der Waals surface area contributed by atoms with Gasteiger partial charge in [0.2, 0.25) is 0 Å². The normalized spacial score (nSPS) is 12.8. The summed E-state index contributed by atoms with van der Waals surface area (Å²) in [5.41, 5.74) is 2.38. The van der Waals surface area contributed by atoms with E-state index in [-0.39, 0.29) is 0 Å². The number of rotatable bonds is 8. The van der Waals surface area contributed by atoms with Crippen LogP contribution in [0.25, 0.3) is 0 Å². The van der Waals surface area contributed by atoms with Gasteiger partial charge in [0, 0.05) is 38.4 Å². The highest BCUT2D eigenvalue weighted by Gasteiger charge is 2.17. The molecule has 1 N–H and O–H groups in total. The number of aromatic nitrogens is 4. The van der Waals surface area contributed by atoms with Gasteiger partial charge in [0.1, 0.15) is 5.82 Å². The van der Waals surface area contributed by atoms with Crippen molar-refractivity contribution in [1.29, 1.82) is 0 Å². The number of imidazole rings is 1. The summed E-state index contributed by atoms with van der Waals surface area (Å²) in [4.78, 5) is 4.42.